The lowest BCUT2D eigenvalue weighted by Gasteiger charge is -2.15. The molecule has 3 aromatic heterocycles. The lowest BCUT2D eigenvalue weighted by atomic mass is 9.99. The Morgan fingerprint density at radius 3 is 1.72 bits per heavy atom. The van der Waals surface area contributed by atoms with Gasteiger partial charge >= 0.3 is 0 Å². The minimum absolute atomic E-state index is 0.805. The van der Waals surface area contributed by atoms with Crippen molar-refractivity contribution < 1.29 is 0 Å². The third-order valence-corrected chi connectivity index (χ3v) is 12.2. The van der Waals surface area contributed by atoms with Crippen LogP contribution in [0.1, 0.15) is 0 Å². The third-order valence-electron chi connectivity index (χ3n) is 12.2. The summed E-state index contributed by atoms with van der Waals surface area (Å²) in [7, 11) is 0. The predicted octanol–water partition coefficient (Wildman–Crippen LogP) is 14.1. The molecule has 0 aliphatic carbocycles. The van der Waals surface area contributed by atoms with Gasteiger partial charge in [0.25, 0.3) is 0 Å². The highest BCUT2D eigenvalue weighted by Gasteiger charge is 2.22. The van der Waals surface area contributed by atoms with Crippen molar-refractivity contribution in [1.82, 2.24) is 19.1 Å². The first kappa shape index (κ1) is 31.4. The van der Waals surface area contributed by atoms with Gasteiger partial charge in [0.05, 0.1) is 33.1 Å². The Labute approximate surface area is 332 Å². The van der Waals surface area contributed by atoms with E-state index in [0.717, 1.165) is 44.8 Å². The molecule has 0 unspecified atom stereocenters. The lowest BCUT2D eigenvalue weighted by molar-refractivity contribution is 1.08. The molecule has 0 saturated carbocycles. The Hall–Kier alpha value is -7.82. The lowest BCUT2D eigenvalue weighted by Crippen LogP contribution is -2.04. The van der Waals surface area contributed by atoms with Crippen molar-refractivity contribution in [2.45, 2.75) is 0 Å². The van der Waals surface area contributed by atoms with Gasteiger partial charge in [0, 0.05) is 38.2 Å². The molecule has 0 fully saturated rings. The van der Waals surface area contributed by atoms with E-state index in [1.165, 1.54) is 75.7 Å². The van der Waals surface area contributed by atoms with Gasteiger partial charge in [-0.1, -0.05) is 146 Å². The summed E-state index contributed by atoms with van der Waals surface area (Å²) in [5.41, 5.74) is 9.24. The summed E-state index contributed by atoms with van der Waals surface area (Å²) in [4.78, 5) is 11.0. The van der Waals surface area contributed by atoms with Crippen LogP contribution in [0.3, 0.4) is 0 Å². The highest BCUT2D eigenvalue weighted by atomic mass is 15.1. The van der Waals surface area contributed by atoms with Crippen molar-refractivity contribution in [2.24, 2.45) is 0 Å². The topological polar surface area (TPSA) is 35.6 Å². The van der Waals surface area contributed by atoms with Crippen LogP contribution in [0.2, 0.25) is 0 Å². The molecular weight excluding hydrogens is 705 g/mol. The number of aromatic nitrogens is 4. The van der Waals surface area contributed by atoms with E-state index in [0.29, 0.717) is 0 Å². The third kappa shape index (κ3) is 4.45. The Bertz CT molecular complexity index is 3870. The zero-order chi connectivity index (χ0) is 37.9. The van der Waals surface area contributed by atoms with E-state index in [2.05, 4.69) is 191 Å². The molecule has 4 heteroatoms. The minimum Gasteiger partial charge on any atom is -0.309 e. The van der Waals surface area contributed by atoms with Crippen LogP contribution in [-0.2, 0) is 0 Å². The second kappa shape index (κ2) is 11.8. The van der Waals surface area contributed by atoms with Gasteiger partial charge in [-0.25, -0.2) is 9.97 Å². The molecule has 0 spiro atoms. The van der Waals surface area contributed by atoms with Crippen LogP contribution in [0, 0.1) is 0 Å². The molecule has 3 heterocycles. The van der Waals surface area contributed by atoms with Gasteiger partial charge in [-0.3, -0.25) is 4.57 Å². The van der Waals surface area contributed by atoms with Crippen molar-refractivity contribution >= 4 is 97.7 Å². The average molecular weight is 737 g/mol. The summed E-state index contributed by atoms with van der Waals surface area (Å²) in [6.45, 7) is 0. The number of rotatable bonds is 3. The van der Waals surface area contributed by atoms with Gasteiger partial charge in [0.15, 0.2) is 5.82 Å². The summed E-state index contributed by atoms with van der Waals surface area (Å²) < 4.78 is 4.82. The number of fused-ring (bicyclic) bond motifs is 13. The van der Waals surface area contributed by atoms with E-state index in [4.69, 9.17) is 9.97 Å². The molecule has 10 aromatic carbocycles. The van der Waals surface area contributed by atoms with Crippen LogP contribution in [0.15, 0.2) is 194 Å². The van der Waals surface area contributed by atoms with E-state index >= 15 is 0 Å². The monoisotopic (exact) mass is 736 g/mol. The standard InChI is InChI=1S/C54H32N4/c1-2-14-36-31-50-46(30-35(36)13-1)44-28-25-39(57-49-20-10-7-17-43(49)45-27-23-34-12-4-6-16-42(34)53(45)57)32-51(44)58(50)54-52(55-47-18-8-9-19-48(47)56-54)38-24-26-41-37(29-38)22-21-33-11-3-5-15-40(33)41/h1-32H. The number of benzene rings is 10. The van der Waals surface area contributed by atoms with Gasteiger partial charge in [0.1, 0.15) is 5.69 Å². The van der Waals surface area contributed by atoms with E-state index in [-0.39, 0.29) is 0 Å². The number of hydrogen-bond donors (Lipinski definition) is 0. The zero-order valence-electron chi connectivity index (χ0n) is 31.3. The first-order valence-corrected chi connectivity index (χ1v) is 19.8. The molecule has 0 radical (unpaired) electrons. The summed E-state index contributed by atoms with van der Waals surface area (Å²) in [5, 5.41) is 14.6. The first-order chi connectivity index (χ1) is 28.7. The first-order valence-electron chi connectivity index (χ1n) is 19.8. The van der Waals surface area contributed by atoms with Crippen molar-refractivity contribution in [1.29, 1.82) is 0 Å². The van der Waals surface area contributed by atoms with Crippen molar-refractivity contribution in [3.8, 4) is 22.8 Å². The summed E-state index contributed by atoms with van der Waals surface area (Å²) in [6.07, 6.45) is 0. The highest BCUT2D eigenvalue weighted by molar-refractivity contribution is 6.19. The van der Waals surface area contributed by atoms with Gasteiger partial charge in [-0.2, -0.15) is 0 Å². The van der Waals surface area contributed by atoms with Gasteiger partial charge in [-0.15, -0.1) is 0 Å². The molecule has 0 bridgehead atoms. The van der Waals surface area contributed by atoms with Crippen LogP contribution in [0.25, 0.3) is 120 Å². The predicted molar refractivity (Wildman–Crippen MR) is 244 cm³/mol. The fourth-order valence-corrected chi connectivity index (χ4v) is 9.56. The van der Waals surface area contributed by atoms with E-state index < -0.39 is 0 Å². The van der Waals surface area contributed by atoms with Gasteiger partial charge in [-0.05, 0) is 86.2 Å². The van der Waals surface area contributed by atoms with Crippen LogP contribution < -0.4 is 0 Å². The summed E-state index contributed by atoms with van der Waals surface area (Å²) >= 11 is 0. The normalized spacial score (nSPS) is 12.1. The molecule has 0 amide bonds. The highest BCUT2D eigenvalue weighted by Crippen LogP contribution is 2.42. The van der Waals surface area contributed by atoms with E-state index in [1.54, 1.807) is 0 Å². The fraction of sp³-hybridized carbons (Fsp3) is 0. The smallest absolute Gasteiger partial charge is 0.165 e. The quantitative estimate of drug-likeness (QED) is 0.169. The van der Waals surface area contributed by atoms with Crippen LogP contribution >= 0.6 is 0 Å². The molecule has 4 nitrogen and oxygen atoms in total. The summed E-state index contributed by atoms with van der Waals surface area (Å²) in [6, 6.07) is 70.3. The van der Waals surface area contributed by atoms with Crippen molar-refractivity contribution in [3.63, 3.8) is 0 Å². The van der Waals surface area contributed by atoms with Crippen LogP contribution in [0.5, 0.6) is 0 Å². The zero-order valence-corrected chi connectivity index (χ0v) is 31.3. The molecule has 58 heavy (non-hydrogen) atoms. The van der Waals surface area contributed by atoms with E-state index in [9.17, 15) is 0 Å². The molecular formula is C54H32N4. The molecule has 0 atom stereocenters. The molecule has 0 aliphatic heterocycles. The SMILES string of the molecule is c1ccc2cc3c(cc2c1)c1ccc(-n2c4ccccc4c4ccc5ccccc5c42)cc1n3-c1nc2ccccc2nc1-c1ccc2c(ccc3ccccc32)c1. The maximum Gasteiger partial charge on any atom is 0.165 e. The van der Waals surface area contributed by atoms with E-state index in [1.807, 2.05) is 12.1 Å². The Kier molecular flexibility index (Phi) is 6.41. The molecule has 0 aliphatic rings. The fourth-order valence-electron chi connectivity index (χ4n) is 9.56. The molecule has 13 aromatic rings. The Morgan fingerprint density at radius 2 is 0.879 bits per heavy atom. The van der Waals surface area contributed by atoms with Crippen molar-refractivity contribution in [3.05, 3.63) is 194 Å². The van der Waals surface area contributed by atoms with Crippen LogP contribution in [-0.4, -0.2) is 19.1 Å². The van der Waals surface area contributed by atoms with Crippen LogP contribution in [0.4, 0.5) is 0 Å². The number of nitrogens with zero attached hydrogens (tertiary/aromatic N) is 4. The number of para-hydroxylation sites is 3. The minimum atomic E-state index is 0.805. The summed E-state index contributed by atoms with van der Waals surface area (Å²) in [5.74, 6) is 0.805. The largest absolute Gasteiger partial charge is 0.309 e. The maximum absolute atomic E-state index is 5.53. The number of hydrogen-bond acceptors (Lipinski definition) is 2. The van der Waals surface area contributed by atoms with Gasteiger partial charge in [0.2, 0.25) is 0 Å². The molecule has 13 rings (SSSR count). The van der Waals surface area contributed by atoms with Crippen molar-refractivity contribution in [2.75, 3.05) is 0 Å². The Morgan fingerprint density at radius 1 is 0.310 bits per heavy atom. The average Bonchev–Trinajstić information content (AvgIpc) is 3.79. The molecule has 0 saturated heterocycles. The second-order valence-corrected chi connectivity index (χ2v) is 15.4. The van der Waals surface area contributed by atoms with Gasteiger partial charge < -0.3 is 4.57 Å². The maximum atomic E-state index is 5.53. The second-order valence-electron chi connectivity index (χ2n) is 15.4. The Balaban J connectivity index is 1.16. The molecule has 0 N–H and O–H groups in total. The molecule has 268 valence electrons.